The maximum Gasteiger partial charge on any atom is 0.352 e. The zero-order valence-corrected chi connectivity index (χ0v) is 20.2. The number of piperidine rings is 1. The predicted molar refractivity (Wildman–Crippen MR) is 134 cm³/mol. The topological polar surface area (TPSA) is 96.6 Å². The van der Waals surface area contributed by atoms with E-state index in [1.54, 1.807) is 13.1 Å². The van der Waals surface area contributed by atoms with Crippen molar-refractivity contribution in [2.45, 2.75) is 32.7 Å². The average Bonchev–Trinajstić information content (AvgIpc) is 3.17. The second-order valence-corrected chi connectivity index (χ2v) is 8.79. The number of aromatic nitrogens is 1. The molecule has 1 aliphatic rings. The monoisotopic (exact) mass is 482 g/mol. The van der Waals surface area contributed by atoms with Gasteiger partial charge in [0.05, 0.1) is 0 Å². The molecule has 9 heteroatoms. The third kappa shape index (κ3) is 6.59. The van der Waals surface area contributed by atoms with Gasteiger partial charge in [-0.2, -0.15) is 5.26 Å². The van der Waals surface area contributed by atoms with E-state index in [9.17, 15) is 14.9 Å². The molecule has 0 amide bonds. The summed E-state index contributed by atoms with van der Waals surface area (Å²) in [5, 5.41) is 12.6. The Morgan fingerprint density at radius 3 is 2.82 bits per heavy atom. The van der Waals surface area contributed by atoms with Crippen LogP contribution in [0.25, 0.3) is 11.8 Å². The Hall–Kier alpha value is -3.35. The van der Waals surface area contributed by atoms with Crippen LogP contribution in [0.4, 0.5) is 5.69 Å². The van der Waals surface area contributed by atoms with Crippen LogP contribution in [0.2, 0.25) is 0 Å². The number of nitriles is 1. The molecule has 0 spiro atoms. The van der Waals surface area contributed by atoms with E-state index < -0.39 is 5.97 Å². The standard InChI is InChI=1S/C25H30N4O4S/c1-3-14-33-25(31)21(17-26)24-29(4-2)23(30)22(34-24)18-27-19-9-8-10-20(16-19)32-15-13-28-11-6-5-7-12-28/h3,8-10,16,18,27H,1,4-7,11-15H2,2H3/b22-18+,24-21-. The summed E-state index contributed by atoms with van der Waals surface area (Å²) in [6.07, 6.45) is 6.82. The number of rotatable bonds is 10. The fourth-order valence-corrected chi connectivity index (χ4v) is 4.76. The lowest BCUT2D eigenvalue weighted by molar-refractivity contribution is -0.135. The molecule has 1 saturated heterocycles. The van der Waals surface area contributed by atoms with Crippen LogP contribution >= 0.6 is 11.3 Å². The number of benzene rings is 1. The second kappa shape index (κ2) is 12.8. The minimum absolute atomic E-state index is 0.0112. The largest absolute Gasteiger partial charge is 0.492 e. The number of likely N-dealkylation sites (tertiary alicyclic amines) is 1. The van der Waals surface area contributed by atoms with Crippen molar-refractivity contribution in [3.05, 3.63) is 56.5 Å². The Morgan fingerprint density at radius 2 is 2.12 bits per heavy atom. The van der Waals surface area contributed by atoms with Crippen LogP contribution in [-0.2, 0) is 16.1 Å². The van der Waals surface area contributed by atoms with Crippen molar-refractivity contribution in [2.24, 2.45) is 0 Å². The van der Waals surface area contributed by atoms with Gasteiger partial charge in [-0.3, -0.25) is 14.3 Å². The molecule has 1 aromatic heterocycles. The highest BCUT2D eigenvalue weighted by atomic mass is 32.1. The van der Waals surface area contributed by atoms with Crippen molar-refractivity contribution in [3.63, 3.8) is 0 Å². The van der Waals surface area contributed by atoms with Gasteiger partial charge in [0.2, 0.25) is 0 Å². The lowest BCUT2D eigenvalue weighted by Gasteiger charge is -2.26. The Labute approximate surface area is 203 Å². The Morgan fingerprint density at radius 1 is 1.32 bits per heavy atom. The quantitative estimate of drug-likeness (QED) is 0.409. The zero-order chi connectivity index (χ0) is 24.3. The molecule has 1 fully saturated rings. The first kappa shape index (κ1) is 25.3. The molecule has 34 heavy (non-hydrogen) atoms. The average molecular weight is 483 g/mol. The van der Waals surface area contributed by atoms with Gasteiger partial charge in [-0.1, -0.05) is 25.1 Å². The van der Waals surface area contributed by atoms with Crippen molar-refractivity contribution in [1.29, 1.82) is 5.26 Å². The van der Waals surface area contributed by atoms with Crippen molar-refractivity contribution in [3.8, 4) is 11.8 Å². The fraction of sp³-hybridized carbons (Fsp3) is 0.400. The van der Waals surface area contributed by atoms with Crippen LogP contribution in [0.15, 0.2) is 41.7 Å². The summed E-state index contributed by atoms with van der Waals surface area (Å²) in [4.78, 5) is 27.5. The second-order valence-electron chi connectivity index (χ2n) is 7.76. The van der Waals surface area contributed by atoms with Gasteiger partial charge in [0.1, 0.15) is 34.2 Å². The van der Waals surface area contributed by atoms with Crippen LogP contribution in [0, 0.1) is 11.3 Å². The number of nitrogens with zero attached hydrogens (tertiary/aromatic N) is 3. The molecule has 1 aromatic carbocycles. The normalized spacial score (nSPS) is 15.4. The molecule has 0 aliphatic carbocycles. The third-order valence-electron chi connectivity index (χ3n) is 5.41. The minimum atomic E-state index is -0.778. The molecule has 1 aliphatic heterocycles. The van der Waals surface area contributed by atoms with E-state index in [2.05, 4.69) is 16.8 Å². The van der Waals surface area contributed by atoms with E-state index >= 15 is 0 Å². The highest BCUT2D eigenvalue weighted by Crippen LogP contribution is 2.17. The summed E-state index contributed by atoms with van der Waals surface area (Å²) in [6.45, 7) is 9.38. The summed E-state index contributed by atoms with van der Waals surface area (Å²) < 4.78 is 12.9. The van der Waals surface area contributed by atoms with Crippen LogP contribution in [0.3, 0.4) is 0 Å². The van der Waals surface area contributed by atoms with E-state index in [4.69, 9.17) is 9.47 Å². The van der Waals surface area contributed by atoms with Gasteiger partial charge in [0, 0.05) is 31.0 Å². The third-order valence-corrected chi connectivity index (χ3v) is 6.55. The van der Waals surface area contributed by atoms with E-state index in [1.165, 1.54) is 29.9 Å². The number of esters is 1. The fourth-order valence-electron chi connectivity index (χ4n) is 3.68. The first-order chi connectivity index (χ1) is 16.6. The smallest absolute Gasteiger partial charge is 0.352 e. The van der Waals surface area contributed by atoms with E-state index in [0.29, 0.717) is 17.7 Å². The summed E-state index contributed by atoms with van der Waals surface area (Å²) in [5.74, 6) is -0.0296. The van der Waals surface area contributed by atoms with Crippen molar-refractivity contribution < 1.29 is 14.3 Å². The molecule has 2 aromatic rings. The highest BCUT2D eigenvalue weighted by Gasteiger charge is 2.16. The number of ether oxygens (including phenoxy) is 2. The maximum absolute atomic E-state index is 12.8. The lowest BCUT2D eigenvalue weighted by atomic mass is 10.1. The SMILES string of the molecule is C=CCOC(=O)/C(C#N)=c1\s/c(=C/Nc2cccc(OCCN3CCCCC3)c2)c(=O)n1CC. The molecule has 180 valence electrons. The zero-order valence-electron chi connectivity index (χ0n) is 19.4. The molecule has 1 N–H and O–H groups in total. The Kier molecular flexibility index (Phi) is 9.50. The van der Waals surface area contributed by atoms with Crippen LogP contribution < -0.4 is 24.8 Å². The molecular formula is C25H30N4O4S. The number of carbonyl (C=O) groups excluding carboxylic acids is 1. The summed E-state index contributed by atoms with van der Waals surface area (Å²) in [5.41, 5.74) is 0.283. The molecule has 3 rings (SSSR count). The summed E-state index contributed by atoms with van der Waals surface area (Å²) >= 11 is 1.07. The molecule has 8 nitrogen and oxygen atoms in total. The molecule has 0 bridgehead atoms. The number of hydrogen-bond donors (Lipinski definition) is 1. The van der Waals surface area contributed by atoms with Gasteiger partial charge >= 0.3 is 5.97 Å². The first-order valence-corrected chi connectivity index (χ1v) is 12.2. The number of hydrogen-bond acceptors (Lipinski definition) is 8. The molecule has 0 unspecified atom stereocenters. The number of anilines is 1. The van der Waals surface area contributed by atoms with Gasteiger partial charge in [0.15, 0.2) is 5.57 Å². The minimum Gasteiger partial charge on any atom is -0.492 e. The number of nitrogens with one attached hydrogen (secondary N) is 1. The molecule has 0 atom stereocenters. The number of thiazole rings is 1. The maximum atomic E-state index is 12.8. The summed E-state index contributed by atoms with van der Waals surface area (Å²) in [7, 11) is 0. The van der Waals surface area contributed by atoms with E-state index in [1.807, 2.05) is 30.3 Å². The van der Waals surface area contributed by atoms with Crippen LogP contribution in [0.1, 0.15) is 26.2 Å². The summed E-state index contributed by atoms with van der Waals surface area (Å²) in [6, 6.07) is 9.40. The van der Waals surface area contributed by atoms with E-state index in [-0.39, 0.29) is 22.4 Å². The van der Waals surface area contributed by atoms with Crippen molar-refractivity contribution in [2.75, 3.05) is 38.2 Å². The Bertz CT molecular complexity index is 1220. The Balaban J connectivity index is 1.76. The van der Waals surface area contributed by atoms with Crippen LogP contribution in [-0.4, -0.2) is 48.3 Å². The van der Waals surface area contributed by atoms with Gasteiger partial charge in [0.25, 0.3) is 5.56 Å². The van der Waals surface area contributed by atoms with Crippen molar-refractivity contribution >= 4 is 34.8 Å². The van der Waals surface area contributed by atoms with Gasteiger partial charge in [-0.05, 0) is 45.0 Å². The molecule has 0 saturated carbocycles. The van der Waals surface area contributed by atoms with Gasteiger partial charge < -0.3 is 14.8 Å². The van der Waals surface area contributed by atoms with Crippen molar-refractivity contribution in [1.82, 2.24) is 9.47 Å². The highest BCUT2D eigenvalue weighted by molar-refractivity contribution is 7.07. The van der Waals surface area contributed by atoms with Crippen LogP contribution in [0.5, 0.6) is 5.75 Å². The molecular weight excluding hydrogens is 452 g/mol. The molecule has 0 radical (unpaired) electrons. The van der Waals surface area contributed by atoms with Gasteiger partial charge in [-0.15, -0.1) is 11.3 Å². The number of carbonyl (C=O) groups is 1. The predicted octanol–water partition coefficient (Wildman–Crippen LogP) is 2.05. The first-order valence-electron chi connectivity index (χ1n) is 11.4. The van der Waals surface area contributed by atoms with E-state index in [0.717, 1.165) is 42.4 Å². The molecule has 2 heterocycles. The lowest BCUT2D eigenvalue weighted by Crippen LogP contribution is -2.33. The van der Waals surface area contributed by atoms with Gasteiger partial charge in [-0.25, -0.2) is 4.79 Å².